The van der Waals surface area contributed by atoms with E-state index in [1.807, 2.05) is 0 Å². The molecule has 0 bridgehead atoms. The Bertz CT molecular complexity index is 569. The highest BCUT2D eigenvalue weighted by Gasteiger charge is 2.28. The molecule has 0 aliphatic carbocycles. The smallest absolute Gasteiger partial charge is 0.254 e. The second-order valence-corrected chi connectivity index (χ2v) is 4.46. The molecule has 2 rings (SSSR count). The van der Waals surface area contributed by atoms with Gasteiger partial charge in [0.1, 0.15) is 11.9 Å². The molecule has 1 aliphatic rings. The molecule has 0 unspecified atom stereocenters. The summed E-state index contributed by atoms with van der Waals surface area (Å²) in [5, 5.41) is 4.55. The monoisotopic (exact) mass is 285 g/mol. The third-order valence-corrected chi connectivity index (χ3v) is 2.91. The predicted octanol–water partition coefficient (Wildman–Crippen LogP) is 1.32. The summed E-state index contributed by atoms with van der Waals surface area (Å²) in [6, 6.07) is 3.43. The molecule has 1 atom stereocenters. The number of carbonyl (C=O) groups is 3. The van der Waals surface area contributed by atoms with Gasteiger partial charge in [0.25, 0.3) is 5.91 Å². The molecular weight excluding hydrogens is 265 g/mol. The lowest BCUT2D eigenvalue weighted by molar-refractivity contribution is -0.134. The van der Waals surface area contributed by atoms with Crippen LogP contribution in [0.1, 0.15) is 31.6 Å². The Morgan fingerprint density at radius 3 is 2.75 bits per heavy atom. The van der Waals surface area contributed by atoms with E-state index in [4.69, 9.17) is 0 Å². The van der Waals surface area contributed by atoms with Crippen molar-refractivity contribution < 1.29 is 21.6 Å². The maximum atomic E-state index is 13.6. The Labute approximate surface area is 118 Å². The van der Waals surface area contributed by atoms with Gasteiger partial charge in [-0.15, -0.1) is 0 Å². The average Bonchev–Trinajstić information content (AvgIpc) is 2.32. The fourth-order valence-corrected chi connectivity index (χ4v) is 1.87. The van der Waals surface area contributed by atoms with E-state index in [9.17, 15) is 18.8 Å². The number of benzene rings is 1. The van der Waals surface area contributed by atoms with E-state index in [-0.39, 0.29) is 33.3 Å². The molecule has 1 aliphatic heterocycles. The average molecular weight is 285 g/mol. The molecule has 0 aromatic heterocycles. The number of rotatable bonds is 2. The lowest BCUT2D eigenvalue weighted by Gasteiger charge is -2.21. The summed E-state index contributed by atoms with van der Waals surface area (Å²) in [5.41, 5.74) is 0.588. The van der Waals surface area contributed by atoms with Gasteiger partial charge in [0, 0.05) is 9.27 Å². The molecule has 1 aromatic rings. The molecule has 1 heterocycles. The number of hydrogen-bond donors (Lipinski definition) is 3. The first-order valence-corrected chi connectivity index (χ1v) is 5.88. The van der Waals surface area contributed by atoms with Crippen LogP contribution in [0, 0.1) is 12.7 Å². The summed E-state index contributed by atoms with van der Waals surface area (Å²) in [6.07, 6.45) is 0.386. The zero-order valence-electron chi connectivity index (χ0n) is 11.0. The van der Waals surface area contributed by atoms with E-state index < -0.39 is 23.7 Å². The number of carbonyl (C=O) groups excluding carboxylic acids is 3. The summed E-state index contributed by atoms with van der Waals surface area (Å²) in [4.78, 5) is 34.3. The van der Waals surface area contributed by atoms with Gasteiger partial charge < -0.3 is 11.5 Å². The number of aryl methyl sites for hydroxylation is 1. The second-order valence-electron chi connectivity index (χ2n) is 4.46. The molecule has 0 saturated carbocycles. The maximum absolute atomic E-state index is 13.6. The third kappa shape index (κ3) is 3.39. The van der Waals surface area contributed by atoms with E-state index >= 15 is 0 Å². The number of halogens is 1. The van der Waals surface area contributed by atoms with Crippen LogP contribution in [-0.4, -0.2) is 23.8 Å². The molecule has 1 fully saturated rings. The third-order valence-electron chi connectivity index (χ3n) is 2.91. The lowest BCUT2D eigenvalue weighted by atomic mass is 10.0. The number of imide groups is 1. The Morgan fingerprint density at radius 1 is 1.45 bits per heavy atom. The first-order chi connectivity index (χ1) is 8.97. The van der Waals surface area contributed by atoms with Gasteiger partial charge in [-0.25, -0.2) is 4.39 Å². The summed E-state index contributed by atoms with van der Waals surface area (Å²) in [6.45, 7) is 1.71. The minimum Gasteiger partial charge on any atom is -0.344 e. The van der Waals surface area contributed by atoms with E-state index in [0.29, 0.717) is 5.56 Å². The van der Waals surface area contributed by atoms with Gasteiger partial charge in [0.2, 0.25) is 11.8 Å². The van der Waals surface area contributed by atoms with Crippen LogP contribution < -0.4 is 16.8 Å². The molecule has 7 heteroatoms. The van der Waals surface area contributed by atoms with Gasteiger partial charge in [0.15, 0.2) is 0 Å². The lowest BCUT2D eigenvalue weighted by Crippen LogP contribution is -2.52. The quantitative estimate of drug-likeness (QED) is 0.712. The minimum atomic E-state index is -0.800. The summed E-state index contributed by atoms with van der Waals surface area (Å²) in [7, 11) is 0. The Kier molecular flexibility index (Phi) is 4.93. The fourth-order valence-electron chi connectivity index (χ4n) is 1.87. The first-order valence-electron chi connectivity index (χ1n) is 5.88. The van der Waals surface area contributed by atoms with E-state index in [2.05, 4.69) is 10.6 Å². The summed E-state index contributed by atoms with van der Waals surface area (Å²) in [5.74, 6) is -2.22. The number of nitrogens with one attached hydrogen (secondary N) is 2. The maximum Gasteiger partial charge on any atom is 0.254 e. The molecule has 20 heavy (non-hydrogen) atoms. The van der Waals surface area contributed by atoms with Gasteiger partial charge in [-0.3, -0.25) is 19.7 Å². The molecule has 1 aromatic carbocycles. The van der Waals surface area contributed by atoms with Gasteiger partial charge in [0.05, 0.1) is 5.56 Å². The van der Waals surface area contributed by atoms with Crippen molar-refractivity contribution in [3.8, 4) is 0 Å². The molecule has 3 amide bonds. The standard InChI is InChI=1S/C13H13FN2O3.H3N.2H2/c1-7-2-3-8(9(14)6-7)12(18)15-10-4-5-11(17)16-13(10)19;;;/h2-3,6,10H,4-5H2,1H3,(H,15,18)(H,16,17,19);1H3;2*1H/t10-;;;/m0.../s1. The van der Waals surface area contributed by atoms with Crippen LogP contribution in [0.3, 0.4) is 0 Å². The molecule has 0 radical (unpaired) electrons. The highest BCUT2D eigenvalue weighted by molar-refractivity contribution is 6.03. The Morgan fingerprint density at radius 2 is 2.15 bits per heavy atom. The zero-order chi connectivity index (χ0) is 14.0. The van der Waals surface area contributed by atoms with Crippen LogP contribution in [0.2, 0.25) is 0 Å². The van der Waals surface area contributed by atoms with Gasteiger partial charge >= 0.3 is 0 Å². The Hall–Kier alpha value is -2.28. The van der Waals surface area contributed by atoms with E-state index in [0.717, 1.165) is 0 Å². The topological polar surface area (TPSA) is 110 Å². The van der Waals surface area contributed by atoms with Crippen molar-refractivity contribution in [2.45, 2.75) is 25.8 Å². The van der Waals surface area contributed by atoms with Crippen LogP contribution in [0.4, 0.5) is 4.39 Å². The number of piperidine rings is 1. The van der Waals surface area contributed by atoms with Crippen LogP contribution in [0.15, 0.2) is 18.2 Å². The number of amides is 3. The van der Waals surface area contributed by atoms with Crippen LogP contribution in [0.5, 0.6) is 0 Å². The largest absolute Gasteiger partial charge is 0.344 e. The fraction of sp³-hybridized carbons (Fsp3) is 0.308. The first kappa shape index (κ1) is 15.8. The van der Waals surface area contributed by atoms with E-state index in [1.165, 1.54) is 12.1 Å². The second kappa shape index (κ2) is 6.25. The molecular formula is C13H20FN3O3. The normalized spacial score (nSPS) is 18.0. The zero-order valence-corrected chi connectivity index (χ0v) is 11.0. The van der Waals surface area contributed by atoms with Crippen LogP contribution in [-0.2, 0) is 9.59 Å². The number of hydrogen-bond acceptors (Lipinski definition) is 4. The van der Waals surface area contributed by atoms with Crippen molar-refractivity contribution in [3.05, 3.63) is 35.1 Å². The van der Waals surface area contributed by atoms with Gasteiger partial charge in [-0.05, 0) is 31.0 Å². The van der Waals surface area contributed by atoms with Crippen molar-refractivity contribution in [2.75, 3.05) is 0 Å². The highest BCUT2D eigenvalue weighted by atomic mass is 19.1. The van der Waals surface area contributed by atoms with Crippen molar-refractivity contribution in [1.29, 1.82) is 0 Å². The molecule has 5 N–H and O–H groups in total. The Balaban J connectivity index is 0. The van der Waals surface area contributed by atoms with E-state index in [1.54, 1.807) is 13.0 Å². The predicted molar refractivity (Wildman–Crippen MR) is 74.0 cm³/mol. The molecule has 1 saturated heterocycles. The molecule has 112 valence electrons. The highest BCUT2D eigenvalue weighted by Crippen LogP contribution is 2.11. The van der Waals surface area contributed by atoms with Crippen molar-refractivity contribution >= 4 is 17.7 Å². The van der Waals surface area contributed by atoms with Crippen molar-refractivity contribution in [1.82, 2.24) is 16.8 Å². The van der Waals surface area contributed by atoms with Crippen LogP contribution in [0.25, 0.3) is 0 Å². The SMILES string of the molecule is Cc1ccc(C(=O)N[C@H]2CCC(=O)NC2=O)c(F)c1.N.[HH].[HH]. The summed E-state index contributed by atoms with van der Waals surface area (Å²) < 4.78 is 13.6. The summed E-state index contributed by atoms with van der Waals surface area (Å²) >= 11 is 0. The van der Waals surface area contributed by atoms with Crippen molar-refractivity contribution in [2.24, 2.45) is 0 Å². The molecule has 6 nitrogen and oxygen atoms in total. The van der Waals surface area contributed by atoms with Crippen molar-refractivity contribution in [3.63, 3.8) is 0 Å². The molecule has 0 spiro atoms. The minimum absolute atomic E-state index is 0. The van der Waals surface area contributed by atoms with Gasteiger partial charge in [-0.2, -0.15) is 0 Å². The van der Waals surface area contributed by atoms with Gasteiger partial charge in [-0.1, -0.05) is 6.07 Å². The van der Waals surface area contributed by atoms with Crippen LogP contribution >= 0.6 is 0 Å².